The molecule has 0 spiro atoms. The minimum Gasteiger partial charge on any atom is -0.462 e. The van der Waals surface area contributed by atoms with Gasteiger partial charge in [-0.2, -0.15) is 0 Å². The zero-order valence-electron chi connectivity index (χ0n) is 18.0. The number of hydrogen-bond acceptors (Lipinski definition) is 6. The second-order valence-electron chi connectivity index (χ2n) is 9.26. The Bertz CT molecular complexity index is 855. The maximum absolute atomic E-state index is 13.0. The highest BCUT2D eigenvalue weighted by molar-refractivity contribution is 7.91. The van der Waals surface area contributed by atoms with Gasteiger partial charge in [0.15, 0.2) is 0 Å². The van der Waals surface area contributed by atoms with Crippen LogP contribution in [0.1, 0.15) is 52.0 Å². The van der Waals surface area contributed by atoms with Crippen molar-refractivity contribution < 1.29 is 22.7 Å². The van der Waals surface area contributed by atoms with E-state index in [-0.39, 0.29) is 17.4 Å². The first-order valence-electron chi connectivity index (χ1n) is 10.5. The van der Waals surface area contributed by atoms with Crippen molar-refractivity contribution in [3.8, 4) is 0 Å². The summed E-state index contributed by atoms with van der Waals surface area (Å²) in [6, 6.07) is 10.4. The fourth-order valence-electron chi connectivity index (χ4n) is 4.28. The molecule has 1 aromatic carbocycles. The van der Waals surface area contributed by atoms with E-state index in [9.17, 15) is 18.0 Å². The summed E-state index contributed by atoms with van der Waals surface area (Å²) >= 11 is 0. The summed E-state index contributed by atoms with van der Waals surface area (Å²) in [6.07, 6.45) is 2.20. The first-order chi connectivity index (χ1) is 14.1. The molecule has 2 heterocycles. The molecular weight excluding hydrogens is 404 g/mol. The van der Waals surface area contributed by atoms with Crippen LogP contribution in [-0.2, 0) is 30.9 Å². The van der Waals surface area contributed by atoms with Gasteiger partial charge in [0.25, 0.3) is 6.47 Å². The molecule has 0 amide bonds. The number of rotatable bonds is 5. The fourth-order valence-corrected chi connectivity index (χ4v) is 6.67. The molecule has 1 aromatic rings. The molecule has 0 bridgehead atoms. The van der Waals surface area contributed by atoms with E-state index in [0.29, 0.717) is 32.4 Å². The Labute approximate surface area is 179 Å². The van der Waals surface area contributed by atoms with E-state index in [1.165, 1.54) is 5.56 Å². The van der Waals surface area contributed by atoms with E-state index >= 15 is 0 Å². The lowest BCUT2D eigenvalue weighted by Crippen LogP contribution is -2.45. The molecule has 2 atom stereocenters. The number of piperidine rings is 2. The van der Waals surface area contributed by atoms with Crippen LogP contribution in [-0.4, -0.2) is 65.9 Å². The normalized spacial score (nSPS) is 27.0. The topological polar surface area (TPSA) is 84.0 Å². The Morgan fingerprint density at radius 1 is 1.13 bits per heavy atom. The maximum atomic E-state index is 13.0. The predicted octanol–water partition coefficient (Wildman–Crippen LogP) is 2.36. The lowest BCUT2D eigenvalue weighted by atomic mass is 10.1. The zero-order valence-corrected chi connectivity index (χ0v) is 18.9. The number of ether oxygens (including phenoxy) is 1. The Kier molecular flexibility index (Phi) is 6.69. The zero-order chi connectivity index (χ0) is 22.0. The number of carbonyl (C=O) groups excluding carboxylic acids is 2. The first kappa shape index (κ1) is 22.9. The third-order valence-corrected chi connectivity index (χ3v) is 8.73. The average molecular weight is 437 g/mol. The molecule has 8 heteroatoms. The van der Waals surface area contributed by atoms with E-state index in [4.69, 9.17) is 0 Å². The molecule has 166 valence electrons. The van der Waals surface area contributed by atoms with Gasteiger partial charge in [-0.05, 0) is 39.2 Å². The van der Waals surface area contributed by atoms with Crippen LogP contribution in [0.3, 0.4) is 0 Å². The van der Waals surface area contributed by atoms with Gasteiger partial charge in [-0.15, -0.1) is 0 Å². The third kappa shape index (κ3) is 4.92. The van der Waals surface area contributed by atoms with Crippen molar-refractivity contribution in [2.45, 2.75) is 69.4 Å². The number of Topliss-reactive ketones (excluding diaryl/α,β-unsaturated/α-hetero) is 1. The van der Waals surface area contributed by atoms with E-state index < -0.39 is 14.8 Å². The van der Waals surface area contributed by atoms with Crippen LogP contribution >= 0.6 is 0 Å². The van der Waals surface area contributed by atoms with Crippen LogP contribution in [0.5, 0.6) is 0 Å². The summed E-state index contributed by atoms with van der Waals surface area (Å²) in [6.45, 7) is 8.32. The van der Waals surface area contributed by atoms with Crippen molar-refractivity contribution in [3.05, 3.63) is 35.9 Å². The summed E-state index contributed by atoms with van der Waals surface area (Å²) in [4.78, 5) is 23.3. The molecule has 2 saturated heterocycles. The Balaban J connectivity index is 0.000000318. The van der Waals surface area contributed by atoms with E-state index in [1.54, 1.807) is 4.31 Å². The number of fused-ring (bicyclic) bond motifs is 1. The van der Waals surface area contributed by atoms with Crippen LogP contribution < -0.4 is 0 Å². The van der Waals surface area contributed by atoms with Gasteiger partial charge in [-0.25, -0.2) is 12.7 Å². The Hall–Kier alpha value is -1.77. The number of hydrogen-bond donors (Lipinski definition) is 0. The van der Waals surface area contributed by atoms with Crippen molar-refractivity contribution in [3.63, 3.8) is 0 Å². The minimum absolute atomic E-state index is 0.144. The lowest BCUT2D eigenvalue weighted by molar-refractivity contribution is -0.138. The second-order valence-corrected chi connectivity index (χ2v) is 11.5. The lowest BCUT2D eigenvalue weighted by Gasteiger charge is -2.29. The Morgan fingerprint density at radius 3 is 2.27 bits per heavy atom. The first-order valence-corrected chi connectivity index (χ1v) is 11.9. The quantitative estimate of drug-likeness (QED) is 0.659. The molecule has 30 heavy (non-hydrogen) atoms. The van der Waals surface area contributed by atoms with Crippen LogP contribution in [0, 0.1) is 0 Å². The van der Waals surface area contributed by atoms with Crippen LogP contribution in [0.15, 0.2) is 30.3 Å². The van der Waals surface area contributed by atoms with Crippen molar-refractivity contribution in [2.24, 2.45) is 0 Å². The number of ketones is 1. The van der Waals surface area contributed by atoms with Gasteiger partial charge >= 0.3 is 0 Å². The molecular formula is C22H32N2O5S. The van der Waals surface area contributed by atoms with Crippen LogP contribution in [0.4, 0.5) is 0 Å². The molecule has 0 aromatic heterocycles. The highest BCUT2D eigenvalue weighted by Crippen LogP contribution is 2.56. The monoisotopic (exact) mass is 436 g/mol. The molecule has 3 aliphatic rings. The molecule has 1 saturated carbocycles. The molecule has 2 unspecified atom stereocenters. The highest BCUT2D eigenvalue weighted by Gasteiger charge is 2.70. The highest BCUT2D eigenvalue weighted by atomic mass is 32.2. The number of benzene rings is 1. The molecule has 0 N–H and O–H groups in total. The molecule has 7 nitrogen and oxygen atoms in total. The van der Waals surface area contributed by atoms with Gasteiger partial charge in [-0.3, -0.25) is 14.5 Å². The summed E-state index contributed by atoms with van der Waals surface area (Å²) in [5, 5.41) is 0. The van der Waals surface area contributed by atoms with Crippen molar-refractivity contribution in [1.29, 1.82) is 0 Å². The predicted molar refractivity (Wildman–Crippen MR) is 114 cm³/mol. The molecule has 2 aliphatic heterocycles. The maximum Gasteiger partial charge on any atom is 0.293 e. The molecule has 3 fully saturated rings. The van der Waals surface area contributed by atoms with E-state index in [1.807, 2.05) is 39.0 Å². The second kappa shape index (κ2) is 8.77. The standard InChI is InChI=1S/C17H22N2O3S.C5H10O2/c20-15-6-9-19(10-7-15)23(21,22)17-8-11-18(16(17)12-17)13-14-4-2-1-3-5-14;1-5(2,3)7-4-6/h1-5,16H,6-13H2;4H,1-3H3. The SMILES string of the molecule is CC(C)(C)OC=O.O=C1CCN(S(=O)(=O)C23CCN(Cc4ccccc4)C2C3)CC1. The van der Waals surface area contributed by atoms with Crippen LogP contribution in [0.25, 0.3) is 0 Å². The number of carbonyl (C=O) groups is 2. The third-order valence-electron chi connectivity index (χ3n) is 6.01. The van der Waals surface area contributed by atoms with Gasteiger partial charge in [0.05, 0.1) is 0 Å². The summed E-state index contributed by atoms with van der Waals surface area (Å²) in [7, 11) is -3.30. The van der Waals surface area contributed by atoms with E-state index in [2.05, 4.69) is 21.8 Å². The van der Waals surface area contributed by atoms with Gasteiger partial charge in [0.1, 0.15) is 16.1 Å². The number of nitrogens with zero attached hydrogens (tertiary/aromatic N) is 2. The minimum atomic E-state index is -3.30. The van der Waals surface area contributed by atoms with Crippen LogP contribution in [0.2, 0.25) is 0 Å². The van der Waals surface area contributed by atoms with Gasteiger partial charge in [0.2, 0.25) is 10.0 Å². The van der Waals surface area contributed by atoms with Gasteiger partial charge in [0, 0.05) is 45.1 Å². The number of likely N-dealkylation sites (tertiary alicyclic amines) is 1. The molecule has 1 aliphatic carbocycles. The summed E-state index contributed by atoms with van der Waals surface area (Å²) in [5.41, 5.74) is 0.915. The Morgan fingerprint density at radius 2 is 1.77 bits per heavy atom. The van der Waals surface area contributed by atoms with E-state index in [0.717, 1.165) is 25.9 Å². The number of sulfonamides is 1. The molecule has 4 rings (SSSR count). The van der Waals surface area contributed by atoms with Crippen molar-refractivity contribution in [1.82, 2.24) is 9.21 Å². The van der Waals surface area contributed by atoms with Crippen molar-refractivity contribution >= 4 is 22.3 Å². The summed E-state index contributed by atoms with van der Waals surface area (Å²) in [5.74, 6) is 0.179. The average Bonchev–Trinajstić information content (AvgIpc) is 3.33. The van der Waals surface area contributed by atoms with Gasteiger partial charge in [-0.1, -0.05) is 30.3 Å². The smallest absolute Gasteiger partial charge is 0.293 e. The summed E-state index contributed by atoms with van der Waals surface area (Å²) < 4.78 is 31.6. The molecule has 0 radical (unpaired) electrons. The fraction of sp³-hybridized carbons (Fsp3) is 0.636. The van der Waals surface area contributed by atoms with Gasteiger partial charge < -0.3 is 4.74 Å². The largest absolute Gasteiger partial charge is 0.462 e. The van der Waals surface area contributed by atoms with Crippen molar-refractivity contribution in [2.75, 3.05) is 19.6 Å².